The Morgan fingerprint density at radius 3 is 2.54 bits per heavy atom. The summed E-state index contributed by atoms with van der Waals surface area (Å²) in [6.45, 7) is 3.57. The molecule has 1 N–H and O–H groups in total. The van der Waals surface area contributed by atoms with Gasteiger partial charge in [-0.2, -0.15) is 5.10 Å². The zero-order valence-corrected chi connectivity index (χ0v) is 13.4. The molecule has 0 saturated carbocycles. The lowest BCUT2D eigenvalue weighted by molar-refractivity contribution is -0.222. The number of rotatable bonds is 4. The van der Waals surface area contributed by atoms with Crippen LogP contribution in [0, 0.1) is 0 Å². The largest absolute Gasteiger partial charge is 0.419 e. The van der Waals surface area contributed by atoms with E-state index in [2.05, 4.69) is 10.4 Å². The molecule has 0 atom stereocenters. The summed E-state index contributed by atoms with van der Waals surface area (Å²) in [7, 11) is 0. The number of nitrogens with one attached hydrogen (secondary N) is 1. The zero-order valence-electron chi connectivity index (χ0n) is 13.4. The first kappa shape index (κ1) is 15.8. The van der Waals surface area contributed by atoms with E-state index in [0.29, 0.717) is 6.54 Å². The van der Waals surface area contributed by atoms with Gasteiger partial charge in [0.1, 0.15) is 0 Å². The van der Waals surface area contributed by atoms with Crippen LogP contribution in [0.2, 0.25) is 0 Å². The molecule has 0 bridgehead atoms. The van der Waals surface area contributed by atoms with Gasteiger partial charge in [0.25, 0.3) is 5.79 Å². The van der Waals surface area contributed by atoms with E-state index in [1.807, 2.05) is 36.5 Å². The molecule has 1 aliphatic heterocycles. The molecule has 1 saturated heterocycles. The van der Waals surface area contributed by atoms with Crippen molar-refractivity contribution in [3.05, 3.63) is 60.1 Å². The average molecular weight is 327 g/mol. The summed E-state index contributed by atoms with van der Waals surface area (Å²) in [5.41, 5.74) is 1.53. The van der Waals surface area contributed by atoms with Crippen molar-refractivity contribution in [1.29, 1.82) is 0 Å². The number of carbonyl (C=O) groups excluding carboxylic acids is 2. The minimum Gasteiger partial charge on any atom is -0.419 e. The maximum Gasteiger partial charge on any atom is 0.350 e. The lowest BCUT2D eigenvalue weighted by Crippen LogP contribution is -2.42. The number of esters is 2. The van der Waals surface area contributed by atoms with Gasteiger partial charge >= 0.3 is 11.9 Å². The van der Waals surface area contributed by atoms with Crippen molar-refractivity contribution in [3.63, 3.8) is 0 Å². The lowest BCUT2D eigenvalue weighted by Gasteiger charge is -2.29. The first-order chi connectivity index (χ1) is 11.4. The number of anilines is 1. The van der Waals surface area contributed by atoms with Gasteiger partial charge in [0.05, 0.1) is 6.54 Å². The Bertz CT molecular complexity index is 772. The first-order valence-corrected chi connectivity index (χ1v) is 7.43. The molecular formula is C17H17N3O4. The van der Waals surface area contributed by atoms with Gasteiger partial charge in [-0.3, -0.25) is 4.68 Å². The molecule has 124 valence electrons. The number of carbonyl (C=O) groups is 2. The van der Waals surface area contributed by atoms with Crippen LogP contribution in [-0.2, 0) is 25.6 Å². The Hall–Kier alpha value is -3.09. The van der Waals surface area contributed by atoms with Crippen molar-refractivity contribution in [2.45, 2.75) is 26.2 Å². The van der Waals surface area contributed by atoms with Crippen LogP contribution in [0.15, 0.2) is 54.5 Å². The number of para-hydroxylation sites is 1. The van der Waals surface area contributed by atoms with Crippen molar-refractivity contribution in [1.82, 2.24) is 9.78 Å². The molecule has 0 radical (unpaired) electrons. The molecule has 24 heavy (non-hydrogen) atoms. The van der Waals surface area contributed by atoms with Crippen molar-refractivity contribution in [2.75, 3.05) is 5.32 Å². The molecule has 0 unspecified atom stereocenters. The molecule has 1 fully saturated rings. The second-order valence-electron chi connectivity index (χ2n) is 5.74. The zero-order chi connectivity index (χ0) is 17.2. The number of benzene rings is 1. The Labute approximate surface area is 138 Å². The highest BCUT2D eigenvalue weighted by Crippen LogP contribution is 2.23. The molecule has 0 amide bonds. The second kappa shape index (κ2) is 6.19. The fourth-order valence-electron chi connectivity index (χ4n) is 2.30. The Morgan fingerprint density at radius 1 is 1.17 bits per heavy atom. The van der Waals surface area contributed by atoms with Crippen LogP contribution in [0.5, 0.6) is 0 Å². The summed E-state index contributed by atoms with van der Waals surface area (Å²) in [4.78, 5) is 23.9. The minimum atomic E-state index is -1.25. The van der Waals surface area contributed by atoms with Gasteiger partial charge < -0.3 is 14.8 Å². The van der Waals surface area contributed by atoms with Gasteiger partial charge in [-0.15, -0.1) is 0 Å². The van der Waals surface area contributed by atoms with Crippen molar-refractivity contribution < 1.29 is 19.1 Å². The highest BCUT2D eigenvalue weighted by atomic mass is 16.7. The fraction of sp³-hybridized carbons (Fsp3) is 0.235. The van der Waals surface area contributed by atoms with Crippen LogP contribution in [0.4, 0.5) is 5.69 Å². The maximum absolute atomic E-state index is 11.9. The van der Waals surface area contributed by atoms with E-state index >= 15 is 0 Å². The Kier molecular flexibility index (Phi) is 4.07. The Morgan fingerprint density at radius 2 is 1.88 bits per heavy atom. The second-order valence-corrected chi connectivity index (χ2v) is 5.74. The molecule has 3 rings (SSSR count). The standard InChI is InChI=1S/C17H17N3O4/c1-17(2)23-15(21)13(16(22)24-17)10-18-14-7-4-3-6-12(14)11-20-9-5-8-19-20/h3-10,18H,11H2,1-2H3. The lowest BCUT2D eigenvalue weighted by atomic mass is 10.1. The van der Waals surface area contributed by atoms with E-state index < -0.39 is 17.7 Å². The third-order valence-corrected chi connectivity index (χ3v) is 3.40. The van der Waals surface area contributed by atoms with Crippen molar-refractivity contribution in [3.8, 4) is 0 Å². The number of nitrogens with zero attached hydrogens (tertiary/aromatic N) is 2. The van der Waals surface area contributed by atoms with E-state index in [4.69, 9.17) is 9.47 Å². The number of hydrogen-bond donors (Lipinski definition) is 1. The summed E-state index contributed by atoms with van der Waals surface area (Å²) in [6, 6.07) is 9.38. The molecule has 0 spiro atoms. The van der Waals surface area contributed by atoms with Crippen LogP contribution in [0.1, 0.15) is 19.4 Å². The van der Waals surface area contributed by atoms with E-state index in [9.17, 15) is 9.59 Å². The quantitative estimate of drug-likeness (QED) is 0.526. The summed E-state index contributed by atoms with van der Waals surface area (Å²) in [5, 5.41) is 7.15. The maximum atomic E-state index is 11.9. The average Bonchev–Trinajstić information content (AvgIpc) is 3.00. The third-order valence-electron chi connectivity index (χ3n) is 3.40. The van der Waals surface area contributed by atoms with Crippen LogP contribution < -0.4 is 5.32 Å². The molecule has 1 aromatic heterocycles. The normalized spacial score (nSPS) is 16.3. The molecule has 7 nitrogen and oxygen atoms in total. The molecule has 2 aromatic rings. The van der Waals surface area contributed by atoms with E-state index in [0.717, 1.165) is 11.3 Å². The van der Waals surface area contributed by atoms with Gasteiger partial charge in [0.15, 0.2) is 5.57 Å². The summed E-state index contributed by atoms with van der Waals surface area (Å²) in [6.07, 6.45) is 4.86. The molecule has 0 aliphatic carbocycles. The Balaban J connectivity index is 1.79. The number of ether oxygens (including phenoxy) is 2. The SMILES string of the molecule is CC1(C)OC(=O)C(=CNc2ccccc2Cn2cccn2)C(=O)O1. The predicted molar refractivity (Wildman–Crippen MR) is 85.7 cm³/mol. The van der Waals surface area contributed by atoms with E-state index in [1.54, 1.807) is 10.9 Å². The summed E-state index contributed by atoms with van der Waals surface area (Å²) >= 11 is 0. The van der Waals surface area contributed by atoms with Crippen LogP contribution in [-0.4, -0.2) is 27.5 Å². The van der Waals surface area contributed by atoms with Gasteiger partial charge in [-0.25, -0.2) is 9.59 Å². The number of aromatic nitrogens is 2. The molecule has 1 aliphatic rings. The fourth-order valence-corrected chi connectivity index (χ4v) is 2.30. The minimum absolute atomic E-state index is 0.178. The first-order valence-electron chi connectivity index (χ1n) is 7.43. The predicted octanol–water partition coefficient (Wildman–Crippen LogP) is 2.06. The molecular weight excluding hydrogens is 310 g/mol. The third kappa shape index (κ3) is 3.45. The molecule has 7 heteroatoms. The van der Waals surface area contributed by atoms with Gasteiger partial charge in [-0.05, 0) is 17.7 Å². The van der Waals surface area contributed by atoms with Crippen LogP contribution in [0.25, 0.3) is 0 Å². The topological polar surface area (TPSA) is 82.5 Å². The van der Waals surface area contributed by atoms with E-state index in [-0.39, 0.29) is 5.57 Å². The van der Waals surface area contributed by atoms with Crippen LogP contribution >= 0.6 is 0 Å². The van der Waals surface area contributed by atoms with Crippen molar-refractivity contribution >= 4 is 17.6 Å². The highest BCUT2D eigenvalue weighted by molar-refractivity contribution is 6.15. The number of hydrogen-bond acceptors (Lipinski definition) is 6. The smallest absolute Gasteiger partial charge is 0.350 e. The van der Waals surface area contributed by atoms with Gasteiger partial charge in [0, 0.05) is 38.1 Å². The van der Waals surface area contributed by atoms with Gasteiger partial charge in [0.2, 0.25) is 0 Å². The monoisotopic (exact) mass is 327 g/mol. The van der Waals surface area contributed by atoms with E-state index in [1.165, 1.54) is 20.0 Å². The highest BCUT2D eigenvalue weighted by Gasteiger charge is 2.38. The van der Waals surface area contributed by atoms with Crippen molar-refractivity contribution in [2.24, 2.45) is 0 Å². The summed E-state index contributed by atoms with van der Waals surface area (Å²) < 4.78 is 11.9. The van der Waals surface area contributed by atoms with Gasteiger partial charge in [-0.1, -0.05) is 18.2 Å². The molecule has 1 aromatic carbocycles. The summed E-state index contributed by atoms with van der Waals surface area (Å²) in [5.74, 6) is -2.68. The van der Waals surface area contributed by atoms with Crippen LogP contribution in [0.3, 0.4) is 0 Å². The molecule has 2 heterocycles. The number of cyclic esters (lactones) is 2.